The van der Waals surface area contributed by atoms with E-state index in [0.29, 0.717) is 31.2 Å². The summed E-state index contributed by atoms with van der Waals surface area (Å²) in [5, 5.41) is 8.59. The van der Waals surface area contributed by atoms with Gasteiger partial charge in [-0.1, -0.05) is 12.1 Å². The van der Waals surface area contributed by atoms with E-state index in [1.54, 1.807) is 11.8 Å². The lowest BCUT2D eigenvalue weighted by Gasteiger charge is -2.35. The number of aryl methyl sites for hydroxylation is 2. The van der Waals surface area contributed by atoms with Crippen LogP contribution in [-0.4, -0.2) is 65.5 Å². The summed E-state index contributed by atoms with van der Waals surface area (Å²) in [6.07, 6.45) is 2.26. The Labute approximate surface area is 193 Å². The van der Waals surface area contributed by atoms with Crippen molar-refractivity contribution in [3.05, 3.63) is 52.8 Å². The number of morpholine rings is 1. The lowest BCUT2D eigenvalue weighted by molar-refractivity contribution is 0.0162. The van der Waals surface area contributed by atoms with Gasteiger partial charge in [-0.05, 0) is 43.5 Å². The molecule has 8 heteroatoms. The molecular formula is C25H31N5O3. The zero-order valence-corrected chi connectivity index (χ0v) is 19.5. The molecule has 0 bridgehead atoms. The quantitative estimate of drug-likeness (QED) is 0.597. The first-order valence-corrected chi connectivity index (χ1v) is 11.6. The fourth-order valence-corrected chi connectivity index (χ4v) is 4.69. The van der Waals surface area contributed by atoms with Gasteiger partial charge in [0.25, 0.3) is 5.91 Å². The minimum atomic E-state index is -0.0767. The Hall–Kier alpha value is -2.97. The van der Waals surface area contributed by atoms with Gasteiger partial charge >= 0.3 is 0 Å². The third kappa shape index (κ3) is 4.45. The first kappa shape index (κ1) is 21.9. The van der Waals surface area contributed by atoms with E-state index in [9.17, 15) is 4.79 Å². The van der Waals surface area contributed by atoms with Crippen molar-refractivity contribution in [1.29, 1.82) is 0 Å². The number of rotatable bonds is 7. The topological polar surface area (TPSA) is 81.5 Å². The van der Waals surface area contributed by atoms with Crippen LogP contribution >= 0.6 is 0 Å². The highest BCUT2D eigenvalue weighted by Crippen LogP contribution is 2.40. The number of carbonyl (C=O) groups excluding carboxylic acids is 1. The van der Waals surface area contributed by atoms with Gasteiger partial charge in [0.15, 0.2) is 5.65 Å². The van der Waals surface area contributed by atoms with Crippen LogP contribution in [0.1, 0.15) is 52.1 Å². The van der Waals surface area contributed by atoms with Crippen molar-refractivity contribution < 1.29 is 14.3 Å². The molecule has 3 heterocycles. The first-order chi connectivity index (χ1) is 16.0. The van der Waals surface area contributed by atoms with Crippen LogP contribution < -0.4 is 10.1 Å². The fraction of sp³-hybridized carbons (Fsp3) is 0.480. The Morgan fingerprint density at radius 1 is 1.24 bits per heavy atom. The highest BCUT2D eigenvalue weighted by molar-refractivity contribution is 6.06. The average Bonchev–Trinajstić information content (AvgIpc) is 3.65. The summed E-state index contributed by atoms with van der Waals surface area (Å²) in [6.45, 7) is 5.51. The monoisotopic (exact) mass is 449 g/mol. The number of hydrogen-bond acceptors (Lipinski definition) is 6. The molecule has 0 unspecified atom stereocenters. The zero-order chi connectivity index (χ0) is 22.9. The second-order valence-electron chi connectivity index (χ2n) is 8.92. The molecule has 1 N–H and O–H groups in total. The van der Waals surface area contributed by atoms with Crippen molar-refractivity contribution in [3.63, 3.8) is 0 Å². The van der Waals surface area contributed by atoms with Crippen LogP contribution in [0.2, 0.25) is 0 Å². The van der Waals surface area contributed by atoms with Gasteiger partial charge in [0.1, 0.15) is 5.75 Å². The maximum Gasteiger partial charge on any atom is 0.252 e. The van der Waals surface area contributed by atoms with Crippen LogP contribution in [0.25, 0.3) is 11.0 Å². The Kier molecular flexibility index (Phi) is 6.03. The van der Waals surface area contributed by atoms with Crippen molar-refractivity contribution in [2.45, 2.75) is 31.7 Å². The summed E-state index contributed by atoms with van der Waals surface area (Å²) in [6, 6.07) is 10.1. The summed E-state index contributed by atoms with van der Waals surface area (Å²) in [5.74, 6) is 1.20. The summed E-state index contributed by atoms with van der Waals surface area (Å²) in [7, 11) is 3.55. The number of nitrogens with zero attached hydrogens (tertiary/aromatic N) is 4. The van der Waals surface area contributed by atoms with Gasteiger partial charge in [0.05, 0.1) is 43.0 Å². The molecule has 0 radical (unpaired) electrons. The Balaban J connectivity index is 1.42. The van der Waals surface area contributed by atoms with Crippen molar-refractivity contribution in [2.24, 2.45) is 7.05 Å². The van der Waals surface area contributed by atoms with Gasteiger partial charge in [-0.2, -0.15) is 5.10 Å². The second-order valence-corrected chi connectivity index (χ2v) is 8.92. The molecule has 33 heavy (non-hydrogen) atoms. The molecule has 2 aliphatic rings. The molecule has 5 rings (SSSR count). The predicted octanol–water partition coefficient (Wildman–Crippen LogP) is 2.97. The van der Waals surface area contributed by atoms with Gasteiger partial charge in [-0.15, -0.1) is 0 Å². The van der Waals surface area contributed by atoms with Gasteiger partial charge in [0, 0.05) is 38.3 Å². The smallest absolute Gasteiger partial charge is 0.252 e. The number of carbonyl (C=O) groups is 1. The molecule has 2 aromatic heterocycles. The molecule has 0 spiro atoms. The van der Waals surface area contributed by atoms with Gasteiger partial charge in [-0.3, -0.25) is 14.4 Å². The number of benzene rings is 1. The van der Waals surface area contributed by atoms with E-state index < -0.39 is 0 Å². The van der Waals surface area contributed by atoms with Crippen LogP contribution in [0, 0.1) is 6.92 Å². The normalized spacial score (nSPS) is 17.8. The SMILES string of the molecule is COc1ccc([C@H](CNC(=O)c2cc(C3CC3)nc3c2c(C)nn3C)N2CCOCC2)cc1. The standard InChI is InChI=1S/C25H31N5O3/c1-16-23-20(14-21(17-4-5-17)27-24(23)29(2)28-16)25(31)26-15-22(30-10-12-33-13-11-30)18-6-8-19(32-3)9-7-18/h6-9,14,17,22H,4-5,10-13,15H2,1-3H3,(H,26,31)/t22-/m0/s1. The van der Waals surface area contributed by atoms with Crippen LogP contribution in [0.3, 0.4) is 0 Å². The highest BCUT2D eigenvalue weighted by Gasteiger charge is 2.29. The number of methoxy groups -OCH3 is 1. The van der Waals surface area contributed by atoms with Crippen LogP contribution in [-0.2, 0) is 11.8 Å². The van der Waals surface area contributed by atoms with E-state index in [1.807, 2.05) is 32.2 Å². The molecule has 8 nitrogen and oxygen atoms in total. The van der Waals surface area contributed by atoms with E-state index in [0.717, 1.165) is 59.7 Å². The molecule has 1 aliphatic carbocycles. The molecule has 1 aromatic carbocycles. The summed E-state index contributed by atoms with van der Waals surface area (Å²) >= 11 is 0. The maximum atomic E-state index is 13.5. The first-order valence-electron chi connectivity index (χ1n) is 11.6. The predicted molar refractivity (Wildman–Crippen MR) is 126 cm³/mol. The van der Waals surface area contributed by atoms with E-state index >= 15 is 0 Å². The van der Waals surface area contributed by atoms with Crippen molar-refractivity contribution >= 4 is 16.9 Å². The molecule has 1 saturated heterocycles. The van der Waals surface area contributed by atoms with Crippen LogP contribution in [0.15, 0.2) is 30.3 Å². The number of aromatic nitrogens is 3. The lowest BCUT2D eigenvalue weighted by atomic mass is 10.0. The van der Waals surface area contributed by atoms with Crippen molar-refractivity contribution in [1.82, 2.24) is 25.0 Å². The van der Waals surface area contributed by atoms with E-state index in [1.165, 1.54) is 0 Å². The molecule has 1 saturated carbocycles. The number of hydrogen-bond donors (Lipinski definition) is 1. The highest BCUT2D eigenvalue weighted by atomic mass is 16.5. The van der Waals surface area contributed by atoms with Gasteiger partial charge in [-0.25, -0.2) is 4.98 Å². The summed E-state index contributed by atoms with van der Waals surface area (Å²) in [5.41, 5.74) is 4.42. The Bertz CT molecular complexity index is 1150. The maximum absolute atomic E-state index is 13.5. The molecule has 1 aliphatic heterocycles. The number of nitrogens with one attached hydrogen (secondary N) is 1. The number of pyridine rings is 1. The largest absolute Gasteiger partial charge is 0.497 e. The van der Waals surface area contributed by atoms with E-state index in [2.05, 4.69) is 27.4 Å². The molecular weight excluding hydrogens is 418 g/mol. The Morgan fingerprint density at radius 3 is 2.64 bits per heavy atom. The molecule has 2 fully saturated rings. The van der Waals surface area contributed by atoms with E-state index in [-0.39, 0.29) is 11.9 Å². The van der Waals surface area contributed by atoms with Gasteiger partial charge < -0.3 is 14.8 Å². The summed E-state index contributed by atoms with van der Waals surface area (Å²) < 4.78 is 12.7. The number of fused-ring (bicyclic) bond motifs is 1. The molecule has 174 valence electrons. The molecule has 1 atom stereocenters. The second kappa shape index (κ2) is 9.11. The minimum Gasteiger partial charge on any atom is -0.497 e. The number of ether oxygens (including phenoxy) is 2. The fourth-order valence-electron chi connectivity index (χ4n) is 4.69. The molecule has 1 amide bonds. The van der Waals surface area contributed by atoms with Crippen molar-refractivity contribution in [2.75, 3.05) is 40.0 Å². The minimum absolute atomic E-state index is 0.0546. The third-order valence-electron chi connectivity index (χ3n) is 6.67. The third-order valence-corrected chi connectivity index (χ3v) is 6.67. The Morgan fingerprint density at radius 2 is 1.97 bits per heavy atom. The van der Waals surface area contributed by atoms with E-state index in [4.69, 9.17) is 14.5 Å². The zero-order valence-electron chi connectivity index (χ0n) is 19.5. The van der Waals surface area contributed by atoms with Crippen LogP contribution in [0.4, 0.5) is 0 Å². The van der Waals surface area contributed by atoms with Crippen molar-refractivity contribution in [3.8, 4) is 5.75 Å². The lowest BCUT2D eigenvalue weighted by Crippen LogP contribution is -2.43. The van der Waals surface area contributed by atoms with Crippen LogP contribution in [0.5, 0.6) is 5.75 Å². The van der Waals surface area contributed by atoms with Gasteiger partial charge in [0.2, 0.25) is 0 Å². The summed E-state index contributed by atoms with van der Waals surface area (Å²) in [4.78, 5) is 20.7. The molecule has 3 aromatic rings. The number of amides is 1. The average molecular weight is 450 g/mol.